The molecule has 42 heavy (non-hydrogen) atoms. The standard InChI is InChI=1S/C35H45FN4O2/c1-3-40-33(21-30(37-40)18-25-8-5-4-6-9-25)27-14-16-38(17-15-27)22-31-24(2)39(34(35(41)42)19-26-12-13-26)23-32(31)28-10-7-11-29(36)20-28/h4-11,20-21,24,26-27,31-32,34H,3,12-19,22-23H2,1-2H3,(H,41,42)/t24?,31-,32+,34+/m0/s1. The van der Waals surface area contributed by atoms with Gasteiger partial charge in [-0.25, -0.2) is 4.39 Å². The molecule has 1 N–H and O–H groups in total. The number of carboxylic acids is 1. The van der Waals surface area contributed by atoms with E-state index in [9.17, 15) is 14.3 Å². The SMILES string of the molecule is CCn1nc(Cc2ccccc2)cc1C1CCN(C[C@H]2C(C)N([C@H](CC3CC3)C(=O)O)C[C@@H]2c2cccc(F)c2)CC1. The second kappa shape index (κ2) is 12.7. The number of nitrogens with zero attached hydrogens (tertiary/aromatic N) is 4. The zero-order valence-corrected chi connectivity index (χ0v) is 25.0. The molecule has 3 aliphatic rings. The van der Waals surface area contributed by atoms with Crippen molar-refractivity contribution in [3.8, 4) is 0 Å². The Kier molecular flexibility index (Phi) is 8.77. The van der Waals surface area contributed by atoms with Crippen LogP contribution in [0.15, 0.2) is 60.7 Å². The van der Waals surface area contributed by atoms with Crippen LogP contribution in [0.25, 0.3) is 0 Å². The summed E-state index contributed by atoms with van der Waals surface area (Å²) in [6.07, 6.45) is 6.04. The molecule has 0 bridgehead atoms. The minimum absolute atomic E-state index is 0.122. The summed E-state index contributed by atoms with van der Waals surface area (Å²) in [5.74, 6) is 0.468. The quantitative estimate of drug-likeness (QED) is 0.298. The van der Waals surface area contributed by atoms with E-state index in [1.54, 1.807) is 12.1 Å². The van der Waals surface area contributed by atoms with Crippen molar-refractivity contribution >= 4 is 5.97 Å². The Morgan fingerprint density at radius 2 is 1.81 bits per heavy atom. The van der Waals surface area contributed by atoms with Crippen LogP contribution >= 0.6 is 0 Å². The number of halogens is 1. The van der Waals surface area contributed by atoms with Gasteiger partial charge in [-0.2, -0.15) is 5.10 Å². The van der Waals surface area contributed by atoms with Gasteiger partial charge in [0.2, 0.25) is 0 Å². The van der Waals surface area contributed by atoms with Gasteiger partial charge < -0.3 is 10.0 Å². The Morgan fingerprint density at radius 3 is 2.48 bits per heavy atom. The average molecular weight is 573 g/mol. The maximum Gasteiger partial charge on any atom is 0.320 e. The predicted octanol–water partition coefficient (Wildman–Crippen LogP) is 6.17. The predicted molar refractivity (Wildman–Crippen MR) is 163 cm³/mol. The van der Waals surface area contributed by atoms with E-state index in [1.807, 2.05) is 6.07 Å². The lowest BCUT2D eigenvalue weighted by Gasteiger charge is -2.37. The third-order valence-corrected chi connectivity index (χ3v) is 10.1. The van der Waals surface area contributed by atoms with Crippen LogP contribution < -0.4 is 0 Å². The van der Waals surface area contributed by atoms with E-state index < -0.39 is 12.0 Å². The fourth-order valence-electron chi connectivity index (χ4n) is 7.61. The summed E-state index contributed by atoms with van der Waals surface area (Å²) in [4.78, 5) is 17.2. The number of aryl methyl sites for hydroxylation is 1. The Labute approximate surface area is 249 Å². The molecule has 0 spiro atoms. The highest BCUT2D eigenvalue weighted by Gasteiger charge is 2.46. The number of aromatic nitrogens is 2. The van der Waals surface area contributed by atoms with E-state index in [0.29, 0.717) is 18.4 Å². The number of carbonyl (C=O) groups is 1. The molecule has 1 aromatic heterocycles. The summed E-state index contributed by atoms with van der Waals surface area (Å²) in [5, 5.41) is 15.1. The van der Waals surface area contributed by atoms with Crippen LogP contribution in [0.5, 0.6) is 0 Å². The van der Waals surface area contributed by atoms with Gasteiger partial charge in [0.25, 0.3) is 0 Å². The van der Waals surface area contributed by atoms with Crippen LogP contribution in [-0.2, 0) is 17.8 Å². The molecular formula is C35H45FN4O2. The van der Waals surface area contributed by atoms with Crippen molar-refractivity contribution in [1.29, 1.82) is 0 Å². The van der Waals surface area contributed by atoms with Crippen molar-refractivity contribution in [3.05, 3.63) is 89.0 Å². The molecule has 7 heteroatoms. The summed E-state index contributed by atoms with van der Waals surface area (Å²) < 4.78 is 16.5. The molecule has 1 unspecified atom stereocenters. The van der Waals surface area contributed by atoms with Crippen molar-refractivity contribution < 1.29 is 14.3 Å². The highest BCUT2D eigenvalue weighted by molar-refractivity contribution is 5.73. The first-order chi connectivity index (χ1) is 20.4. The average Bonchev–Trinajstić information content (AvgIpc) is 3.65. The normalized spacial score (nSPS) is 24.7. The van der Waals surface area contributed by atoms with Gasteiger partial charge in [-0.1, -0.05) is 55.3 Å². The van der Waals surface area contributed by atoms with Crippen LogP contribution in [0.4, 0.5) is 4.39 Å². The zero-order chi connectivity index (χ0) is 29.2. The van der Waals surface area contributed by atoms with Crippen LogP contribution in [-0.4, -0.2) is 68.9 Å². The third-order valence-electron chi connectivity index (χ3n) is 10.1. The Morgan fingerprint density at radius 1 is 1.05 bits per heavy atom. The van der Waals surface area contributed by atoms with E-state index in [2.05, 4.69) is 64.7 Å². The largest absolute Gasteiger partial charge is 0.480 e. The van der Waals surface area contributed by atoms with Crippen molar-refractivity contribution in [1.82, 2.24) is 19.6 Å². The number of likely N-dealkylation sites (tertiary alicyclic amines) is 2. The first-order valence-electron chi connectivity index (χ1n) is 16.0. The first kappa shape index (κ1) is 29.1. The molecule has 3 fully saturated rings. The van der Waals surface area contributed by atoms with E-state index in [4.69, 9.17) is 5.10 Å². The second-order valence-electron chi connectivity index (χ2n) is 12.9. The van der Waals surface area contributed by atoms with E-state index in [1.165, 1.54) is 17.3 Å². The van der Waals surface area contributed by atoms with Crippen molar-refractivity contribution in [2.24, 2.45) is 11.8 Å². The first-order valence-corrected chi connectivity index (χ1v) is 16.0. The smallest absolute Gasteiger partial charge is 0.320 e. The van der Waals surface area contributed by atoms with Gasteiger partial charge in [0, 0.05) is 49.6 Å². The lowest BCUT2D eigenvalue weighted by atomic mass is 9.84. The summed E-state index contributed by atoms with van der Waals surface area (Å²) >= 11 is 0. The lowest BCUT2D eigenvalue weighted by molar-refractivity contribution is -0.144. The lowest BCUT2D eigenvalue weighted by Crippen LogP contribution is -2.46. The fourth-order valence-corrected chi connectivity index (χ4v) is 7.61. The molecular weight excluding hydrogens is 527 g/mol. The zero-order valence-electron chi connectivity index (χ0n) is 25.0. The maximum absolute atomic E-state index is 14.3. The minimum atomic E-state index is -0.715. The number of rotatable bonds is 11. The highest BCUT2D eigenvalue weighted by Crippen LogP contribution is 2.43. The van der Waals surface area contributed by atoms with Crippen LogP contribution in [0.1, 0.15) is 80.3 Å². The van der Waals surface area contributed by atoms with Gasteiger partial charge in [-0.15, -0.1) is 0 Å². The molecule has 3 heterocycles. The summed E-state index contributed by atoms with van der Waals surface area (Å²) in [5.41, 5.74) is 4.77. The molecule has 224 valence electrons. The summed E-state index contributed by atoms with van der Waals surface area (Å²) in [6, 6.07) is 19.5. The summed E-state index contributed by atoms with van der Waals surface area (Å²) in [7, 11) is 0. The second-order valence-corrected chi connectivity index (χ2v) is 12.9. The molecule has 0 amide bonds. The van der Waals surface area contributed by atoms with Gasteiger partial charge in [0.15, 0.2) is 0 Å². The Bertz CT molecular complexity index is 1350. The van der Waals surface area contributed by atoms with E-state index in [-0.39, 0.29) is 23.7 Å². The number of hydrogen-bond donors (Lipinski definition) is 1. The van der Waals surface area contributed by atoms with Crippen LogP contribution in [0.3, 0.4) is 0 Å². The molecule has 2 saturated heterocycles. The van der Waals surface area contributed by atoms with E-state index >= 15 is 0 Å². The number of carboxylic acid groups (broad SMARTS) is 1. The number of hydrogen-bond acceptors (Lipinski definition) is 4. The van der Waals surface area contributed by atoms with Gasteiger partial charge in [-0.05, 0) is 87.4 Å². The molecule has 4 atom stereocenters. The van der Waals surface area contributed by atoms with Crippen molar-refractivity contribution in [3.63, 3.8) is 0 Å². The van der Waals surface area contributed by atoms with Gasteiger partial charge in [0.05, 0.1) is 5.69 Å². The molecule has 6 rings (SSSR count). The maximum atomic E-state index is 14.3. The van der Waals surface area contributed by atoms with Gasteiger partial charge >= 0.3 is 5.97 Å². The summed E-state index contributed by atoms with van der Waals surface area (Å²) in [6.45, 7) is 8.86. The number of aliphatic carboxylic acids is 1. The van der Waals surface area contributed by atoms with Gasteiger partial charge in [-0.3, -0.25) is 14.4 Å². The van der Waals surface area contributed by atoms with Crippen molar-refractivity contribution in [2.75, 3.05) is 26.2 Å². The molecule has 3 aromatic rings. The Hall–Kier alpha value is -3.03. The highest BCUT2D eigenvalue weighted by atomic mass is 19.1. The van der Waals surface area contributed by atoms with Crippen molar-refractivity contribution in [2.45, 2.75) is 82.8 Å². The monoisotopic (exact) mass is 572 g/mol. The van der Waals surface area contributed by atoms with Crippen LogP contribution in [0.2, 0.25) is 0 Å². The third kappa shape index (κ3) is 6.47. The van der Waals surface area contributed by atoms with Crippen LogP contribution in [0, 0.1) is 17.7 Å². The molecule has 2 aliphatic heterocycles. The topological polar surface area (TPSA) is 61.6 Å². The molecule has 2 aromatic carbocycles. The molecule has 1 saturated carbocycles. The molecule has 6 nitrogen and oxygen atoms in total. The number of piperidine rings is 1. The minimum Gasteiger partial charge on any atom is -0.480 e. The molecule has 1 aliphatic carbocycles. The molecule has 0 radical (unpaired) electrons. The van der Waals surface area contributed by atoms with E-state index in [0.717, 1.165) is 76.0 Å². The fraction of sp³-hybridized carbons (Fsp3) is 0.543. The van der Waals surface area contributed by atoms with Gasteiger partial charge in [0.1, 0.15) is 11.9 Å². The number of benzene rings is 2. The Balaban J connectivity index is 1.15.